The normalized spacial score (nSPS) is 19.3. The summed E-state index contributed by atoms with van der Waals surface area (Å²) >= 11 is 0. The van der Waals surface area contributed by atoms with Crippen LogP contribution in [0.2, 0.25) is 0 Å². The van der Waals surface area contributed by atoms with Crippen LogP contribution in [0.1, 0.15) is 12.8 Å². The van der Waals surface area contributed by atoms with E-state index < -0.39 is 5.67 Å². The number of piperidine rings is 1. The number of anilines is 1. The van der Waals surface area contributed by atoms with Crippen molar-refractivity contribution < 1.29 is 9.50 Å². The van der Waals surface area contributed by atoms with Gasteiger partial charge in [0.25, 0.3) is 0 Å². The highest BCUT2D eigenvalue weighted by atomic mass is 19.1. The minimum absolute atomic E-state index is 0.167. The zero-order valence-corrected chi connectivity index (χ0v) is 9.17. The Morgan fingerprint density at radius 2 is 2.00 bits per heavy atom. The van der Waals surface area contributed by atoms with Crippen molar-refractivity contribution in [3.63, 3.8) is 0 Å². The Kier molecular flexibility index (Phi) is 3.29. The first-order valence-electron chi connectivity index (χ1n) is 5.61. The van der Waals surface area contributed by atoms with Crippen LogP contribution in [0.5, 0.6) is 5.75 Å². The average Bonchev–Trinajstić information content (AvgIpc) is 2.29. The molecule has 0 aliphatic carbocycles. The molecular formula is C12H17FN2O. The van der Waals surface area contributed by atoms with E-state index in [1.54, 1.807) is 18.2 Å². The number of hydrogen-bond donors (Lipinski definition) is 3. The van der Waals surface area contributed by atoms with Crippen molar-refractivity contribution in [2.24, 2.45) is 0 Å². The summed E-state index contributed by atoms with van der Waals surface area (Å²) in [4.78, 5) is 0. The SMILES string of the molecule is Oc1ccccc1NCC1(F)CCNCC1. The minimum Gasteiger partial charge on any atom is -0.506 e. The molecule has 1 aliphatic rings. The van der Waals surface area contributed by atoms with Gasteiger partial charge in [-0.25, -0.2) is 4.39 Å². The quantitative estimate of drug-likeness (QED) is 0.687. The van der Waals surface area contributed by atoms with Gasteiger partial charge in [-0.15, -0.1) is 0 Å². The highest BCUT2D eigenvalue weighted by Gasteiger charge is 2.31. The van der Waals surface area contributed by atoms with E-state index in [1.165, 1.54) is 0 Å². The van der Waals surface area contributed by atoms with E-state index in [2.05, 4.69) is 10.6 Å². The summed E-state index contributed by atoms with van der Waals surface area (Å²) < 4.78 is 14.2. The summed E-state index contributed by atoms with van der Waals surface area (Å²) in [7, 11) is 0. The van der Waals surface area contributed by atoms with E-state index in [1.807, 2.05) is 6.07 Å². The molecule has 1 fully saturated rings. The van der Waals surface area contributed by atoms with Gasteiger partial charge in [-0.05, 0) is 38.1 Å². The maximum atomic E-state index is 14.2. The summed E-state index contributed by atoms with van der Waals surface area (Å²) in [5.41, 5.74) is -0.564. The first-order valence-corrected chi connectivity index (χ1v) is 5.61. The number of hydrogen-bond acceptors (Lipinski definition) is 3. The molecule has 1 aromatic carbocycles. The number of halogens is 1. The topological polar surface area (TPSA) is 44.3 Å². The number of aromatic hydroxyl groups is 1. The molecule has 3 nitrogen and oxygen atoms in total. The van der Waals surface area contributed by atoms with Gasteiger partial charge in [0, 0.05) is 6.54 Å². The molecule has 0 bridgehead atoms. The Bertz CT molecular complexity index is 351. The molecule has 1 heterocycles. The van der Waals surface area contributed by atoms with Crippen LogP contribution in [0.3, 0.4) is 0 Å². The largest absolute Gasteiger partial charge is 0.506 e. The predicted molar refractivity (Wildman–Crippen MR) is 62.5 cm³/mol. The molecular weight excluding hydrogens is 207 g/mol. The van der Waals surface area contributed by atoms with Gasteiger partial charge in [0.05, 0.1) is 5.69 Å². The second-order valence-corrected chi connectivity index (χ2v) is 4.27. The molecule has 0 saturated carbocycles. The van der Waals surface area contributed by atoms with Crippen LogP contribution in [-0.2, 0) is 0 Å². The van der Waals surface area contributed by atoms with Crippen molar-refractivity contribution in [1.82, 2.24) is 5.32 Å². The Labute approximate surface area is 94.7 Å². The third kappa shape index (κ3) is 2.64. The van der Waals surface area contributed by atoms with Gasteiger partial charge in [-0.1, -0.05) is 12.1 Å². The van der Waals surface area contributed by atoms with Crippen LogP contribution in [0, 0.1) is 0 Å². The third-order valence-corrected chi connectivity index (χ3v) is 3.00. The zero-order chi connectivity index (χ0) is 11.4. The van der Waals surface area contributed by atoms with Crippen LogP contribution in [0.25, 0.3) is 0 Å². The van der Waals surface area contributed by atoms with Gasteiger partial charge in [0.15, 0.2) is 0 Å². The van der Waals surface area contributed by atoms with Gasteiger partial charge < -0.3 is 15.7 Å². The highest BCUT2D eigenvalue weighted by Crippen LogP contribution is 2.26. The molecule has 2 rings (SSSR count). The van der Waals surface area contributed by atoms with E-state index in [4.69, 9.17) is 0 Å². The molecule has 1 aliphatic heterocycles. The smallest absolute Gasteiger partial charge is 0.138 e. The number of phenols is 1. The summed E-state index contributed by atoms with van der Waals surface area (Å²) in [6, 6.07) is 6.90. The van der Waals surface area contributed by atoms with Crippen molar-refractivity contribution in [1.29, 1.82) is 0 Å². The fraction of sp³-hybridized carbons (Fsp3) is 0.500. The molecule has 16 heavy (non-hydrogen) atoms. The van der Waals surface area contributed by atoms with Crippen molar-refractivity contribution in [2.75, 3.05) is 25.0 Å². The summed E-state index contributed by atoms with van der Waals surface area (Å²) in [5.74, 6) is 0.167. The molecule has 0 unspecified atom stereocenters. The molecule has 0 atom stereocenters. The molecule has 0 amide bonds. The number of phenolic OH excluding ortho intramolecular Hbond substituents is 1. The Hall–Kier alpha value is -1.29. The lowest BCUT2D eigenvalue weighted by Gasteiger charge is -2.30. The standard InChI is InChI=1S/C12H17FN2O/c13-12(5-7-14-8-6-12)9-15-10-3-1-2-4-11(10)16/h1-4,14-16H,5-9H2. The lowest BCUT2D eigenvalue weighted by atomic mass is 9.94. The Balaban J connectivity index is 1.94. The Morgan fingerprint density at radius 3 is 2.69 bits per heavy atom. The van der Waals surface area contributed by atoms with E-state index in [-0.39, 0.29) is 12.3 Å². The molecule has 0 aromatic heterocycles. The lowest BCUT2D eigenvalue weighted by Crippen LogP contribution is -2.43. The van der Waals surface area contributed by atoms with Crippen LogP contribution >= 0.6 is 0 Å². The van der Waals surface area contributed by atoms with Crippen molar-refractivity contribution in [3.8, 4) is 5.75 Å². The van der Waals surface area contributed by atoms with E-state index in [9.17, 15) is 9.50 Å². The Morgan fingerprint density at radius 1 is 1.31 bits per heavy atom. The van der Waals surface area contributed by atoms with Gasteiger partial charge in [0.1, 0.15) is 11.4 Å². The molecule has 3 N–H and O–H groups in total. The van der Waals surface area contributed by atoms with E-state index >= 15 is 0 Å². The van der Waals surface area contributed by atoms with Crippen molar-refractivity contribution in [3.05, 3.63) is 24.3 Å². The van der Waals surface area contributed by atoms with Gasteiger partial charge >= 0.3 is 0 Å². The first-order chi connectivity index (χ1) is 7.70. The summed E-state index contributed by atoms with van der Waals surface area (Å²) in [5, 5.41) is 15.6. The van der Waals surface area contributed by atoms with Gasteiger partial charge in [-0.3, -0.25) is 0 Å². The molecule has 88 valence electrons. The van der Waals surface area contributed by atoms with Gasteiger partial charge in [0.2, 0.25) is 0 Å². The van der Waals surface area contributed by atoms with E-state index in [0.717, 1.165) is 13.1 Å². The lowest BCUT2D eigenvalue weighted by molar-refractivity contribution is 0.131. The maximum Gasteiger partial charge on any atom is 0.138 e. The molecule has 0 radical (unpaired) electrons. The minimum atomic E-state index is -1.16. The first kappa shape index (κ1) is 11.2. The average molecular weight is 224 g/mol. The van der Waals surface area contributed by atoms with Crippen molar-refractivity contribution in [2.45, 2.75) is 18.5 Å². The number of nitrogens with one attached hydrogen (secondary N) is 2. The van der Waals surface area contributed by atoms with Crippen LogP contribution in [-0.4, -0.2) is 30.4 Å². The predicted octanol–water partition coefficient (Wildman–Crippen LogP) is 1.90. The number of rotatable bonds is 3. The molecule has 0 spiro atoms. The summed E-state index contributed by atoms with van der Waals surface area (Å²) in [6.45, 7) is 1.70. The van der Waals surface area contributed by atoms with E-state index in [0.29, 0.717) is 18.5 Å². The van der Waals surface area contributed by atoms with Crippen LogP contribution in [0.4, 0.5) is 10.1 Å². The zero-order valence-electron chi connectivity index (χ0n) is 9.17. The van der Waals surface area contributed by atoms with Crippen molar-refractivity contribution >= 4 is 5.69 Å². The summed E-state index contributed by atoms with van der Waals surface area (Å²) in [6.07, 6.45) is 1.04. The fourth-order valence-corrected chi connectivity index (χ4v) is 1.93. The number of benzene rings is 1. The monoisotopic (exact) mass is 224 g/mol. The van der Waals surface area contributed by atoms with Crippen LogP contribution < -0.4 is 10.6 Å². The van der Waals surface area contributed by atoms with Gasteiger partial charge in [-0.2, -0.15) is 0 Å². The molecule has 1 aromatic rings. The third-order valence-electron chi connectivity index (χ3n) is 3.00. The second kappa shape index (κ2) is 4.70. The highest BCUT2D eigenvalue weighted by molar-refractivity contribution is 5.55. The molecule has 4 heteroatoms. The fourth-order valence-electron chi connectivity index (χ4n) is 1.93. The number of para-hydroxylation sites is 2. The maximum absolute atomic E-state index is 14.2. The number of alkyl halides is 1. The molecule has 1 saturated heterocycles. The second-order valence-electron chi connectivity index (χ2n) is 4.27. The van der Waals surface area contributed by atoms with Crippen LogP contribution in [0.15, 0.2) is 24.3 Å².